The Morgan fingerprint density at radius 3 is 3.06 bits per heavy atom. The fourth-order valence-electron chi connectivity index (χ4n) is 3.12. The van der Waals surface area contributed by atoms with Crippen LogP contribution in [0.2, 0.25) is 0 Å². The van der Waals surface area contributed by atoms with E-state index in [-0.39, 0.29) is 0 Å². The molecule has 0 aliphatic carbocycles. The molecule has 2 atom stereocenters. The van der Waals surface area contributed by atoms with Crippen LogP contribution >= 0.6 is 0 Å². The third-order valence-corrected chi connectivity index (χ3v) is 4.01. The fraction of sp³-hybridized carbons (Fsp3) is 0.692. The average molecular weight is 232 g/mol. The first-order chi connectivity index (χ1) is 8.43. The smallest absolute Gasteiger partial charge is 0.151 e. The van der Waals surface area contributed by atoms with Gasteiger partial charge in [-0.2, -0.15) is 5.10 Å². The molecule has 92 valence electrons. The summed E-state index contributed by atoms with van der Waals surface area (Å²) >= 11 is 0. The zero-order valence-electron chi connectivity index (χ0n) is 10.2. The van der Waals surface area contributed by atoms with Crippen LogP contribution in [0.25, 0.3) is 0 Å². The highest BCUT2D eigenvalue weighted by molar-refractivity contribution is 5.36. The molecule has 2 fully saturated rings. The zero-order valence-corrected chi connectivity index (χ0v) is 10.2. The van der Waals surface area contributed by atoms with Crippen LogP contribution < -0.4 is 10.2 Å². The van der Waals surface area contributed by atoms with Crippen LogP contribution in [0, 0.1) is 5.92 Å². The normalized spacial score (nSPS) is 29.5. The molecule has 1 aromatic heterocycles. The highest BCUT2D eigenvalue weighted by Gasteiger charge is 2.29. The first-order valence-electron chi connectivity index (χ1n) is 6.69. The van der Waals surface area contributed by atoms with Gasteiger partial charge in [0.25, 0.3) is 0 Å². The molecule has 1 aromatic rings. The quantitative estimate of drug-likeness (QED) is 0.838. The third kappa shape index (κ3) is 2.41. The van der Waals surface area contributed by atoms with Crippen molar-refractivity contribution in [1.29, 1.82) is 0 Å². The minimum absolute atomic E-state index is 0.731. The zero-order chi connectivity index (χ0) is 11.5. The molecule has 2 saturated heterocycles. The van der Waals surface area contributed by atoms with Crippen molar-refractivity contribution in [3.63, 3.8) is 0 Å². The monoisotopic (exact) mass is 232 g/mol. The van der Waals surface area contributed by atoms with Crippen molar-refractivity contribution in [3.05, 3.63) is 18.3 Å². The summed E-state index contributed by atoms with van der Waals surface area (Å²) in [6.45, 7) is 3.46. The molecule has 0 amide bonds. The number of anilines is 1. The summed E-state index contributed by atoms with van der Waals surface area (Å²) in [6, 6.07) is 4.77. The van der Waals surface area contributed by atoms with E-state index in [1.54, 1.807) is 6.20 Å². The van der Waals surface area contributed by atoms with Crippen molar-refractivity contribution in [3.8, 4) is 0 Å². The lowest BCUT2D eigenvalue weighted by atomic mass is 9.90. The van der Waals surface area contributed by atoms with Crippen molar-refractivity contribution >= 4 is 5.82 Å². The molecular weight excluding hydrogens is 212 g/mol. The Morgan fingerprint density at radius 2 is 2.29 bits per heavy atom. The molecule has 4 heteroatoms. The molecule has 3 rings (SSSR count). The van der Waals surface area contributed by atoms with Gasteiger partial charge in [-0.15, -0.1) is 5.10 Å². The van der Waals surface area contributed by atoms with E-state index < -0.39 is 0 Å². The molecular formula is C13H20N4. The number of aromatic nitrogens is 2. The SMILES string of the molecule is c1cnnc(N2CCCC(C3CCCN3)C2)c1. The van der Waals surface area contributed by atoms with E-state index in [9.17, 15) is 0 Å². The molecule has 2 unspecified atom stereocenters. The van der Waals surface area contributed by atoms with E-state index in [1.165, 1.54) is 32.2 Å². The Bertz CT molecular complexity index is 348. The largest absolute Gasteiger partial charge is 0.355 e. The van der Waals surface area contributed by atoms with Gasteiger partial charge >= 0.3 is 0 Å². The van der Waals surface area contributed by atoms with Gasteiger partial charge < -0.3 is 10.2 Å². The fourth-order valence-corrected chi connectivity index (χ4v) is 3.12. The second-order valence-corrected chi connectivity index (χ2v) is 5.13. The maximum absolute atomic E-state index is 4.22. The standard InChI is InChI=1S/C13H20N4/c1-5-12(14-7-1)11-4-3-9-17(10-11)13-6-2-8-15-16-13/h2,6,8,11-12,14H,1,3-5,7,9-10H2. The molecule has 0 bridgehead atoms. The van der Waals surface area contributed by atoms with Crippen LogP contribution in [0.3, 0.4) is 0 Å². The van der Waals surface area contributed by atoms with Crippen LogP contribution in [0.1, 0.15) is 25.7 Å². The van der Waals surface area contributed by atoms with E-state index in [1.807, 2.05) is 6.07 Å². The van der Waals surface area contributed by atoms with Crippen molar-refractivity contribution < 1.29 is 0 Å². The molecule has 0 saturated carbocycles. The Balaban J connectivity index is 1.67. The van der Waals surface area contributed by atoms with Crippen LogP contribution in [-0.4, -0.2) is 35.9 Å². The Labute approximate surface area is 102 Å². The number of piperidine rings is 1. The van der Waals surface area contributed by atoms with Gasteiger partial charge in [-0.1, -0.05) is 0 Å². The van der Waals surface area contributed by atoms with Crippen molar-refractivity contribution in [2.24, 2.45) is 5.92 Å². The Kier molecular flexibility index (Phi) is 3.22. The number of rotatable bonds is 2. The van der Waals surface area contributed by atoms with E-state index >= 15 is 0 Å². The lowest BCUT2D eigenvalue weighted by Crippen LogP contribution is -2.43. The van der Waals surface area contributed by atoms with E-state index in [2.05, 4.69) is 26.5 Å². The van der Waals surface area contributed by atoms with Crippen LogP contribution in [0.15, 0.2) is 18.3 Å². The molecule has 3 heterocycles. The van der Waals surface area contributed by atoms with Gasteiger partial charge in [-0.3, -0.25) is 0 Å². The first kappa shape index (κ1) is 11.0. The maximum Gasteiger partial charge on any atom is 0.151 e. The first-order valence-corrected chi connectivity index (χ1v) is 6.69. The van der Waals surface area contributed by atoms with Gasteiger partial charge in [-0.25, -0.2) is 0 Å². The number of hydrogen-bond donors (Lipinski definition) is 1. The Hall–Kier alpha value is -1.16. The van der Waals surface area contributed by atoms with Gasteiger partial charge in [0, 0.05) is 25.3 Å². The third-order valence-electron chi connectivity index (χ3n) is 4.01. The summed E-state index contributed by atoms with van der Waals surface area (Å²) in [7, 11) is 0. The number of nitrogens with one attached hydrogen (secondary N) is 1. The highest BCUT2D eigenvalue weighted by Crippen LogP contribution is 2.26. The van der Waals surface area contributed by atoms with Crippen molar-refractivity contribution in [2.45, 2.75) is 31.7 Å². The van der Waals surface area contributed by atoms with E-state index in [0.717, 1.165) is 30.9 Å². The van der Waals surface area contributed by atoms with Crippen molar-refractivity contribution in [1.82, 2.24) is 15.5 Å². The molecule has 2 aliphatic heterocycles. The summed E-state index contributed by atoms with van der Waals surface area (Å²) in [5.74, 6) is 1.82. The summed E-state index contributed by atoms with van der Waals surface area (Å²) in [4.78, 5) is 2.39. The average Bonchev–Trinajstić information content (AvgIpc) is 2.94. The summed E-state index contributed by atoms with van der Waals surface area (Å²) in [5, 5.41) is 11.8. The van der Waals surface area contributed by atoms with E-state index in [0.29, 0.717) is 0 Å². The highest BCUT2D eigenvalue weighted by atomic mass is 15.3. The Morgan fingerprint density at radius 1 is 1.29 bits per heavy atom. The minimum atomic E-state index is 0.731. The summed E-state index contributed by atoms with van der Waals surface area (Å²) in [5.41, 5.74) is 0. The molecule has 1 N–H and O–H groups in total. The summed E-state index contributed by atoms with van der Waals surface area (Å²) < 4.78 is 0. The molecule has 0 spiro atoms. The minimum Gasteiger partial charge on any atom is -0.355 e. The molecule has 2 aliphatic rings. The molecule has 4 nitrogen and oxygen atoms in total. The lowest BCUT2D eigenvalue weighted by Gasteiger charge is -2.36. The number of hydrogen-bond acceptors (Lipinski definition) is 4. The van der Waals surface area contributed by atoms with Gasteiger partial charge in [-0.05, 0) is 50.3 Å². The molecule has 0 radical (unpaired) electrons. The number of nitrogens with zero attached hydrogens (tertiary/aromatic N) is 3. The van der Waals surface area contributed by atoms with Gasteiger partial charge in [0.2, 0.25) is 0 Å². The van der Waals surface area contributed by atoms with Crippen LogP contribution in [-0.2, 0) is 0 Å². The van der Waals surface area contributed by atoms with Crippen LogP contribution in [0.5, 0.6) is 0 Å². The second-order valence-electron chi connectivity index (χ2n) is 5.13. The molecule has 0 aromatic carbocycles. The lowest BCUT2D eigenvalue weighted by molar-refractivity contribution is 0.327. The van der Waals surface area contributed by atoms with Gasteiger partial charge in [0.15, 0.2) is 5.82 Å². The second kappa shape index (κ2) is 5.00. The maximum atomic E-state index is 4.22. The van der Waals surface area contributed by atoms with Crippen molar-refractivity contribution in [2.75, 3.05) is 24.5 Å². The predicted molar refractivity (Wildman–Crippen MR) is 68.0 cm³/mol. The van der Waals surface area contributed by atoms with Gasteiger partial charge in [0.05, 0.1) is 0 Å². The van der Waals surface area contributed by atoms with Gasteiger partial charge in [0.1, 0.15) is 0 Å². The summed E-state index contributed by atoms with van der Waals surface area (Å²) in [6.07, 6.45) is 7.06. The van der Waals surface area contributed by atoms with Crippen LogP contribution in [0.4, 0.5) is 5.82 Å². The topological polar surface area (TPSA) is 41.1 Å². The predicted octanol–water partition coefficient (Wildman–Crippen LogP) is 1.44. The van der Waals surface area contributed by atoms with E-state index in [4.69, 9.17) is 0 Å². The molecule has 17 heavy (non-hydrogen) atoms.